The lowest BCUT2D eigenvalue weighted by Gasteiger charge is -2.15. The van der Waals surface area contributed by atoms with Crippen LogP contribution in [-0.2, 0) is 11.4 Å². The first-order chi connectivity index (χ1) is 11.6. The second kappa shape index (κ2) is 8.05. The van der Waals surface area contributed by atoms with Crippen molar-refractivity contribution < 1.29 is 24.2 Å². The molecule has 7 nitrogen and oxygen atoms in total. The number of benzene rings is 1. The summed E-state index contributed by atoms with van der Waals surface area (Å²) in [5.74, 6) is 1.62. The van der Waals surface area contributed by atoms with Crippen molar-refractivity contribution in [3.8, 4) is 23.0 Å². The molecule has 0 unspecified atom stereocenters. The monoisotopic (exact) mass is 332 g/mol. The Morgan fingerprint density at radius 3 is 2.46 bits per heavy atom. The van der Waals surface area contributed by atoms with Crippen molar-refractivity contribution in [2.75, 3.05) is 21.3 Å². The van der Waals surface area contributed by atoms with Gasteiger partial charge in [0.1, 0.15) is 23.8 Å². The fraction of sp³-hybridized carbons (Fsp3) is 0.294. The number of rotatable bonds is 7. The molecular formula is C17H20N2O5. The first-order valence-corrected chi connectivity index (χ1v) is 7.21. The summed E-state index contributed by atoms with van der Waals surface area (Å²) in [6.07, 6.45) is 1.57. The highest BCUT2D eigenvalue weighted by Crippen LogP contribution is 2.39. The molecule has 1 heterocycles. The molecule has 0 saturated heterocycles. The van der Waals surface area contributed by atoms with E-state index in [2.05, 4.69) is 10.1 Å². The molecular weight excluding hydrogens is 312 g/mol. The maximum Gasteiger partial charge on any atom is 0.203 e. The van der Waals surface area contributed by atoms with Gasteiger partial charge in [-0.15, -0.1) is 0 Å². The van der Waals surface area contributed by atoms with Gasteiger partial charge in [-0.05, 0) is 31.2 Å². The van der Waals surface area contributed by atoms with Crippen LogP contribution in [0, 0.1) is 0 Å². The quantitative estimate of drug-likeness (QED) is 0.620. The van der Waals surface area contributed by atoms with Crippen LogP contribution in [0.25, 0.3) is 0 Å². The number of aromatic hydroxyl groups is 1. The van der Waals surface area contributed by atoms with E-state index >= 15 is 0 Å². The summed E-state index contributed by atoms with van der Waals surface area (Å²) in [5, 5.41) is 13.7. The summed E-state index contributed by atoms with van der Waals surface area (Å²) >= 11 is 0. The van der Waals surface area contributed by atoms with Crippen molar-refractivity contribution in [2.45, 2.75) is 13.5 Å². The molecule has 7 heteroatoms. The highest BCUT2D eigenvalue weighted by molar-refractivity contribution is 5.98. The Balaban J connectivity index is 2.17. The lowest BCUT2D eigenvalue weighted by Crippen LogP contribution is -2.02. The van der Waals surface area contributed by atoms with Crippen LogP contribution in [0.15, 0.2) is 35.6 Å². The minimum absolute atomic E-state index is 0.0473. The maximum atomic E-state index is 9.76. The Labute approximate surface area is 140 Å². The van der Waals surface area contributed by atoms with Crippen LogP contribution in [0.3, 0.4) is 0 Å². The standard InChI is InChI=1S/C17H20N2O5/c1-11(15-13(20)6-5-9-18-15)19-24-10-12-7-8-14(21-2)17(23-4)16(12)22-3/h5-9,20H,10H2,1-4H3. The number of pyridine rings is 1. The molecule has 0 spiro atoms. The van der Waals surface area contributed by atoms with Crippen LogP contribution in [-0.4, -0.2) is 37.1 Å². The minimum Gasteiger partial charge on any atom is -0.506 e. The lowest BCUT2D eigenvalue weighted by molar-refractivity contribution is 0.127. The van der Waals surface area contributed by atoms with Crippen LogP contribution in [0.2, 0.25) is 0 Å². The van der Waals surface area contributed by atoms with Gasteiger partial charge in [-0.1, -0.05) is 5.16 Å². The molecule has 128 valence electrons. The molecule has 1 aromatic carbocycles. The summed E-state index contributed by atoms with van der Waals surface area (Å²) in [6, 6.07) is 6.75. The van der Waals surface area contributed by atoms with Crippen LogP contribution in [0.1, 0.15) is 18.2 Å². The summed E-state index contributed by atoms with van der Waals surface area (Å²) in [6.45, 7) is 1.86. The Kier molecular flexibility index (Phi) is 5.83. The number of aromatic nitrogens is 1. The zero-order valence-corrected chi connectivity index (χ0v) is 14.1. The van der Waals surface area contributed by atoms with Gasteiger partial charge in [0.05, 0.1) is 21.3 Å². The number of hydrogen-bond acceptors (Lipinski definition) is 7. The number of ether oxygens (including phenoxy) is 3. The van der Waals surface area contributed by atoms with Crippen molar-refractivity contribution in [3.63, 3.8) is 0 Å². The summed E-state index contributed by atoms with van der Waals surface area (Å²) in [5.41, 5.74) is 1.58. The van der Waals surface area contributed by atoms with E-state index in [-0.39, 0.29) is 12.4 Å². The predicted octanol–water partition coefficient (Wildman–Crippen LogP) is 2.75. The van der Waals surface area contributed by atoms with Gasteiger partial charge < -0.3 is 24.2 Å². The third-order valence-electron chi connectivity index (χ3n) is 3.34. The van der Waals surface area contributed by atoms with Gasteiger partial charge in [0, 0.05) is 11.8 Å². The van der Waals surface area contributed by atoms with Gasteiger partial charge >= 0.3 is 0 Å². The summed E-state index contributed by atoms with van der Waals surface area (Å²) in [4.78, 5) is 9.43. The van der Waals surface area contributed by atoms with E-state index < -0.39 is 0 Å². The molecule has 0 aliphatic carbocycles. The summed E-state index contributed by atoms with van der Waals surface area (Å²) in [7, 11) is 4.64. The maximum absolute atomic E-state index is 9.76. The zero-order chi connectivity index (χ0) is 17.5. The van der Waals surface area contributed by atoms with E-state index in [1.165, 1.54) is 7.11 Å². The Hall–Kier alpha value is -2.96. The molecule has 0 fully saturated rings. The molecule has 24 heavy (non-hydrogen) atoms. The topological polar surface area (TPSA) is 82.4 Å². The fourth-order valence-corrected chi connectivity index (χ4v) is 2.19. The van der Waals surface area contributed by atoms with Crippen LogP contribution in [0.5, 0.6) is 23.0 Å². The second-order valence-electron chi connectivity index (χ2n) is 4.81. The van der Waals surface area contributed by atoms with Crippen molar-refractivity contribution in [1.29, 1.82) is 0 Å². The molecule has 2 aromatic rings. The Morgan fingerprint density at radius 2 is 1.83 bits per heavy atom. The van der Waals surface area contributed by atoms with Gasteiger partial charge in [0.15, 0.2) is 11.5 Å². The SMILES string of the molecule is COc1ccc(CON=C(C)c2ncccc2O)c(OC)c1OC. The molecule has 2 rings (SSSR count). The van der Waals surface area contributed by atoms with Gasteiger partial charge in [-0.2, -0.15) is 0 Å². The van der Waals surface area contributed by atoms with Gasteiger partial charge in [0.2, 0.25) is 5.75 Å². The first-order valence-electron chi connectivity index (χ1n) is 7.21. The fourth-order valence-electron chi connectivity index (χ4n) is 2.19. The molecule has 0 bridgehead atoms. The summed E-state index contributed by atoms with van der Waals surface area (Å²) < 4.78 is 16.0. The molecule has 0 radical (unpaired) electrons. The Bertz CT molecular complexity index is 731. The third kappa shape index (κ3) is 3.68. The van der Waals surface area contributed by atoms with E-state index in [0.717, 1.165) is 5.56 Å². The van der Waals surface area contributed by atoms with E-state index in [1.54, 1.807) is 45.5 Å². The smallest absolute Gasteiger partial charge is 0.203 e. The highest BCUT2D eigenvalue weighted by Gasteiger charge is 2.16. The first kappa shape index (κ1) is 17.4. The van der Waals surface area contributed by atoms with Crippen LogP contribution in [0.4, 0.5) is 0 Å². The largest absolute Gasteiger partial charge is 0.506 e. The average molecular weight is 332 g/mol. The van der Waals surface area contributed by atoms with Crippen molar-refractivity contribution in [2.24, 2.45) is 5.16 Å². The van der Waals surface area contributed by atoms with Crippen molar-refractivity contribution >= 4 is 5.71 Å². The van der Waals surface area contributed by atoms with Crippen molar-refractivity contribution in [1.82, 2.24) is 4.98 Å². The van der Waals surface area contributed by atoms with Gasteiger partial charge in [-0.25, -0.2) is 0 Å². The molecule has 0 aliphatic rings. The predicted molar refractivity (Wildman–Crippen MR) is 89.0 cm³/mol. The molecule has 0 aliphatic heterocycles. The number of nitrogens with zero attached hydrogens (tertiary/aromatic N) is 2. The number of oxime groups is 1. The molecule has 0 saturated carbocycles. The average Bonchev–Trinajstić information content (AvgIpc) is 2.61. The second-order valence-corrected chi connectivity index (χ2v) is 4.81. The van der Waals surface area contributed by atoms with E-state index in [4.69, 9.17) is 19.0 Å². The third-order valence-corrected chi connectivity index (χ3v) is 3.34. The highest BCUT2D eigenvalue weighted by atomic mass is 16.6. The molecule has 0 atom stereocenters. The molecule has 0 amide bonds. The van der Waals surface area contributed by atoms with E-state index in [9.17, 15) is 5.11 Å². The Morgan fingerprint density at radius 1 is 1.08 bits per heavy atom. The van der Waals surface area contributed by atoms with Gasteiger partial charge in [0.25, 0.3) is 0 Å². The zero-order valence-electron chi connectivity index (χ0n) is 14.1. The molecule has 1 N–H and O–H groups in total. The van der Waals surface area contributed by atoms with Crippen LogP contribution >= 0.6 is 0 Å². The van der Waals surface area contributed by atoms with E-state index in [0.29, 0.717) is 28.7 Å². The number of methoxy groups -OCH3 is 3. The van der Waals surface area contributed by atoms with Crippen LogP contribution < -0.4 is 14.2 Å². The van der Waals surface area contributed by atoms with Gasteiger partial charge in [-0.3, -0.25) is 4.98 Å². The number of hydrogen-bond donors (Lipinski definition) is 1. The van der Waals surface area contributed by atoms with Crippen molar-refractivity contribution in [3.05, 3.63) is 41.7 Å². The minimum atomic E-state index is 0.0473. The lowest BCUT2D eigenvalue weighted by atomic mass is 10.2. The normalized spacial score (nSPS) is 11.1. The van der Waals surface area contributed by atoms with E-state index in [1.807, 2.05) is 6.07 Å². The molecule has 1 aromatic heterocycles.